The molecule has 0 atom stereocenters. The Kier molecular flexibility index (Phi) is 4.89. The molecule has 3 nitrogen and oxygen atoms in total. The van der Waals surface area contributed by atoms with Gasteiger partial charge in [-0.25, -0.2) is 0 Å². The van der Waals surface area contributed by atoms with Crippen LogP contribution in [0.5, 0.6) is 0 Å². The van der Waals surface area contributed by atoms with E-state index in [1.54, 1.807) is 0 Å². The zero-order chi connectivity index (χ0) is 16.1. The van der Waals surface area contributed by atoms with Gasteiger partial charge in [-0.3, -0.25) is 5.10 Å². The van der Waals surface area contributed by atoms with Gasteiger partial charge in [-0.1, -0.05) is 48.5 Å². The summed E-state index contributed by atoms with van der Waals surface area (Å²) in [4.78, 5) is 2.21. The Labute approximate surface area is 137 Å². The first kappa shape index (κ1) is 15.5. The van der Waals surface area contributed by atoms with Gasteiger partial charge in [-0.05, 0) is 50.2 Å². The molecule has 1 aromatic heterocycles. The van der Waals surface area contributed by atoms with Crippen molar-refractivity contribution in [3.8, 4) is 0 Å². The summed E-state index contributed by atoms with van der Waals surface area (Å²) in [5.74, 6) is 0. The molecule has 3 aromatic rings. The van der Waals surface area contributed by atoms with Gasteiger partial charge in [0.25, 0.3) is 0 Å². The molecule has 0 aliphatic heterocycles. The van der Waals surface area contributed by atoms with E-state index in [2.05, 4.69) is 71.7 Å². The minimum Gasteiger partial charge on any atom is -0.309 e. The van der Waals surface area contributed by atoms with Crippen LogP contribution in [0.25, 0.3) is 17.0 Å². The Morgan fingerprint density at radius 2 is 1.74 bits per heavy atom. The van der Waals surface area contributed by atoms with Gasteiger partial charge in [0.05, 0.1) is 11.2 Å². The van der Waals surface area contributed by atoms with Gasteiger partial charge < -0.3 is 4.90 Å². The predicted octanol–water partition coefficient (Wildman–Crippen LogP) is 3.92. The summed E-state index contributed by atoms with van der Waals surface area (Å²) in [7, 11) is 4.22. The molecule has 0 aliphatic carbocycles. The van der Waals surface area contributed by atoms with Crippen molar-refractivity contribution in [1.82, 2.24) is 15.1 Å². The van der Waals surface area contributed by atoms with Gasteiger partial charge in [0.15, 0.2) is 0 Å². The maximum Gasteiger partial charge on any atom is 0.0927 e. The second-order valence-corrected chi connectivity index (χ2v) is 6.13. The van der Waals surface area contributed by atoms with Crippen LogP contribution in [0, 0.1) is 0 Å². The van der Waals surface area contributed by atoms with Crippen molar-refractivity contribution in [2.24, 2.45) is 0 Å². The largest absolute Gasteiger partial charge is 0.309 e. The van der Waals surface area contributed by atoms with E-state index in [9.17, 15) is 0 Å². The number of hydrogen-bond donors (Lipinski definition) is 1. The molecule has 0 amide bonds. The van der Waals surface area contributed by atoms with E-state index < -0.39 is 0 Å². The van der Waals surface area contributed by atoms with Crippen LogP contribution in [-0.4, -0.2) is 35.7 Å². The maximum absolute atomic E-state index is 4.31. The summed E-state index contributed by atoms with van der Waals surface area (Å²) in [6.45, 7) is 1.09. The fourth-order valence-electron chi connectivity index (χ4n) is 2.61. The topological polar surface area (TPSA) is 31.9 Å². The molecule has 0 radical (unpaired) electrons. The average molecular weight is 305 g/mol. The third-order valence-electron chi connectivity index (χ3n) is 4.00. The molecule has 0 bridgehead atoms. The van der Waals surface area contributed by atoms with Crippen LogP contribution in [-0.2, 0) is 12.8 Å². The second kappa shape index (κ2) is 7.25. The highest BCUT2D eigenvalue weighted by atomic mass is 15.1. The number of para-hydroxylation sites is 1. The lowest BCUT2D eigenvalue weighted by atomic mass is 10.1. The third kappa shape index (κ3) is 4.08. The quantitative estimate of drug-likeness (QED) is 0.748. The van der Waals surface area contributed by atoms with Gasteiger partial charge >= 0.3 is 0 Å². The average Bonchev–Trinajstić information content (AvgIpc) is 2.97. The number of fused-ring (bicyclic) bond motifs is 1. The Bertz CT molecular complexity index is 782. The molecule has 0 saturated carbocycles. The van der Waals surface area contributed by atoms with Crippen LogP contribution in [0.1, 0.15) is 16.8 Å². The van der Waals surface area contributed by atoms with Gasteiger partial charge in [0, 0.05) is 11.9 Å². The highest BCUT2D eigenvalue weighted by Crippen LogP contribution is 2.16. The highest BCUT2D eigenvalue weighted by Gasteiger charge is 2.00. The van der Waals surface area contributed by atoms with Crippen LogP contribution in [0.15, 0.2) is 54.6 Å². The van der Waals surface area contributed by atoms with Crippen molar-refractivity contribution in [1.29, 1.82) is 0 Å². The number of rotatable bonds is 6. The lowest BCUT2D eigenvalue weighted by molar-refractivity contribution is 0.413. The number of aromatic nitrogens is 2. The number of H-pyrrole nitrogens is 1. The highest BCUT2D eigenvalue weighted by molar-refractivity contribution is 5.86. The van der Waals surface area contributed by atoms with E-state index in [4.69, 9.17) is 0 Å². The zero-order valence-electron chi connectivity index (χ0n) is 13.8. The lowest BCUT2D eigenvalue weighted by Gasteiger charge is -2.09. The van der Waals surface area contributed by atoms with Crippen molar-refractivity contribution < 1.29 is 0 Å². The zero-order valence-corrected chi connectivity index (χ0v) is 13.8. The van der Waals surface area contributed by atoms with Gasteiger partial charge in [0.1, 0.15) is 0 Å². The molecule has 0 aliphatic rings. The van der Waals surface area contributed by atoms with E-state index in [0.717, 1.165) is 30.6 Å². The Hall–Kier alpha value is -2.39. The van der Waals surface area contributed by atoms with Crippen LogP contribution >= 0.6 is 0 Å². The Morgan fingerprint density at radius 3 is 2.52 bits per heavy atom. The minimum atomic E-state index is 0.932. The minimum absolute atomic E-state index is 0.932. The van der Waals surface area contributed by atoms with Crippen molar-refractivity contribution in [3.05, 3.63) is 71.4 Å². The summed E-state index contributed by atoms with van der Waals surface area (Å²) in [6.07, 6.45) is 6.34. The van der Waals surface area contributed by atoms with Crippen molar-refractivity contribution in [2.75, 3.05) is 20.6 Å². The number of aromatic amines is 1. The SMILES string of the molecule is CN(C)CCc1ccc(C/C=C/c2[nH]nc3ccccc23)cc1. The first-order chi connectivity index (χ1) is 11.2. The summed E-state index contributed by atoms with van der Waals surface area (Å²) in [5, 5.41) is 8.57. The second-order valence-electron chi connectivity index (χ2n) is 6.13. The summed E-state index contributed by atoms with van der Waals surface area (Å²) >= 11 is 0. The van der Waals surface area contributed by atoms with Crippen LogP contribution < -0.4 is 0 Å². The molecule has 0 saturated heterocycles. The fraction of sp³-hybridized carbons (Fsp3) is 0.250. The molecule has 0 spiro atoms. The van der Waals surface area contributed by atoms with Crippen molar-refractivity contribution in [2.45, 2.75) is 12.8 Å². The monoisotopic (exact) mass is 305 g/mol. The van der Waals surface area contributed by atoms with Crippen LogP contribution in [0.3, 0.4) is 0 Å². The molecule has 1 N–H and O–H groups in total. The number of allylic oxidation sites excluding steroid dienone is 1. The van der Waals surface area contributed by atoms with Crippen LogP contribution in [0.2, 0.25) is 0 Å². The Balaban J connectivity index is 1.61. The van der Waals surface area contributed by atoms with Gasteiger partial charge in [-0.2, -0.15) is 5.10 Å². The molecule has 1 heterocycles. The molecule has 0 fully saturated rings. The number of nitrogens with one attached hydrogen (secondary N) is 1. The van der Waals surface area contributed by atoms with E-state index in [1.807, 2.05) is 18.2 Å². The van der Waals surface area contributed by atoms with Gasteiger partial charge in [0.2, 0.25) is 0 Å². The van der Waals surface area contributed by atoms with Crippen LogP contribution in [0.4, 0.5) is 0 Å². The standard InChI is InChI=1S/C20H23N3/c1-23(2)15-14-17-12-10-16(11-13-17)6-5-9-20-18-7-3-4-8-19(18)21-22-20/h3-5,7-13H,6,14-15H2,1-2H3,(H,21,22)/b9-5+. The molecular weight excluding hydrogens is 282 g/mol. The number of benzene rings is 2. The van der Waals surface area contributed by atoms with Crippen molar-refractivity contribution in [3.63, 3.8) is 0 Å². The molecular formula is C20H23N3. The van der Waals surface area contributed by atoms with E-state index in [0.29, 0.717) is 0 Å². The third-order valence-corrected chi connectivity index (χ3v) is 4.00. The first-order valence-electron chi connectivity index (χ1n) is 8.04. The molecule has 3 heteroatoms. The summed E-state index contributed by atoms with van der Waals surface area (Å²) in [6, 6.07) is 17.1. The number of hydrogen-bond acceptors (Lipinski definition) is 2. The predicted molar refractivity (Wildman–Crippen MR) is 97.5 cm³/mol. The first-order valence-corrected chi connectivity index (χ1v) is 8.04. The molecule has 118 valence electrons. The van der Waals surface area contributed by atoms with Gasteiger partial charge in [-0.15, -0.1) is 0 Å². The molecule has 3 rings (SSSR count). The summed E-state index contributed by atoms with van der Waals surface area (Å²) < 4.78 is 0. The smallest absolute Gasteiger partial charge is 0.0927 e. The number of likely N-dealkylation sites (N-methyl/N-ethyl adjacent to an activating group) is 1. The van der Waals surface area contributed by atoms with E-state index in [-0.39, 0.29) is 0 Å². The van der Waals surface area contributed by atoms with E-state index in [1.165, 1.54) is 16.5 Å². The normalized spacial score (nSPS) is 11.8. The van der Waals surface area contributed by atoms with Crippen molar-refractivity contribution >= 4 is 17.0 Å². The summed E-state index contributed by atoms with van der Waals surface area (Å²) in [5.41, 5.74) is 4.81. The Morgan fingerprint density at radius 1 is 1.00 bits per heavy atom. The molecule has 23 heavy (non-hydrogen) atoms. The van der Waals surface area contributed by atoms with E-state index >= 15 is 0 Å². The molecule has 2 aromatic carbocycles. The maximum atomic E-state index is 4.31. The fourth-order valence-corrected chi connectivity index (χ4v) is 2.61. The molecule has 0 unspecified atom stereocenters. The lowest BCUT2D eigenvalue weighted by Crippen LogP contribution is -2.14. The number of nitrogens with zero attached hydrogens (tertiary/aromatic N) is 2.